The average Bonchev–Trinajstić information content (AvgIpc) is 3.35. The van der Waals surface area contributed by atoms with Gasteiger partial charge in [0, 0.05) is 30.3 Å². The lowest BCUT2D eigenvalue weighted by Gasteiger charge is -2.33. The molecule has 2 aliphatic rings. The molecule has 0 radical (unpaired) electrons. The van der Waals surface area contributed by atoms with Gasteiger partial charge in [0.25, 0.3) is 0 Å². The number of furan rings is 1. The second-order valence-corrected chi connectivity index (χ2v) is 7.55. The quantitative estimate of drug-likeness (QED) is 0.914. The molecule has 26 heavy (non-hydrogen) atoms. The van der Waals surface area contributed by atoms with Crippen molar-refractivity contribution in [1.29, 1.82) is 0 Å². The maximum absolute atomic E-state index is 12.5. The number of hydrogen-bond acceptors (Lipinski definition) is 3. The molecule has 138 valence electrons. The van der Waals surface area contributed by atoms with Gasteiger partial charge in [-0.1, -0.05) is 31.0 Å². The van der Waals surface area contributed by atoms with Gasteiger partial charge in [-0.05, 0) is 37.8 Å². The summed E-state index contributed by atoms with van der Waals surface area (Å²) in [6.45, 7) is 1.82. The van der Waals surface area contributed by atoms with E-state index < -0.39 is 0 Å². The summed E-state index contributed by atoms with van der Waals surface area (Å²) in [5, 5.41) is 4.04. The first-order valence-corrected chi connectivity index (χ1v) is 9.74. The molecule has 5 nitrogen and oxygen atoms in total. The van der Waals surface area contributed by atoms with Gasteiger partial charge in [0.1, 0.15) is 11.3 Å². The highest BCUT2D eigenvalue weighted by Gasteiger charge is 2.31. The summed E-state index contributed by atoms with van der Waals surface area (Å²) < 4.78 is 5.74. The third-order valence-electron chi connectivity index (χ3n) is 5.80. The standard InChI is InChI=1S/C21H26N2O3/c24-20(22-14-18-13-17-7-3-4-8-19(17)26-18)15-9-11-23(12-10-15)21(25)16-5-1-2-6-16/h3-4,7-8,13,15-16H,1-2,5-6,9-12,14H2,(H,22,24). The number of carbonyl (C=O) groups is 2. The molecule has 1 saturated carbocycles. The van der Waals surface area contributed by atoms with Crippen LogP contribution in [0.1, 0.15) is 44.3 Å². The fraction of sp³-hybridized carbons (Fsp3) is 0.524. The largest absolute Gasteiger partial charge is 0.459 e. The Bertz CT molecular complexity index is 750. The van der Waals surface area contributed by atoms with Crippen molar-refractivity contribution in [3.63, 3.8) is 0 Å². The second-order valence-electron chi connectivity index (χ2n) is 7.55. The average molecular weight is 354 g/mol. The maximum Gasteiger partial charge on any atom is 0.225 e. The molecular formula is C21H26N2O3. The molecule has 0 unspecified atom stereocenters. The Morgan fingerprint density at radius 3 is 2.50 bits per heavy atom. The van der Waals surface area contributed by atoms with Crippen molar-refractivity contribution >= 4 is 22.8 Å². The molecule has 2 fully saturated rings. The molecular weight excluding hydrogens is 328 g/mol. The molecule has 2 heterocycles. The van der Waals surface area contributed by atoms with Gasteiger partial charge in [0.05, 0.1) is 6.54 Å². The van der Waals surface area contributed by atoms with Crippen LogP contribution in [0.5, 0.6) is 0 Å². The minimum Gasteiger partial charge on any atom is -0.459 e. The molecule has 1 aliphatic heterocycles. The van der Waals surface area contributed by atoms with Crippen LogP contribution in [0.4, 0.5) is 0 Å². The number of hydrogen-bond donors (Lipinski definition) is 1. The topological polar surface area (TPSA) is 62.6 Å². The highest BCUT2D eigenvalue weighted by atomic mass is 16.3. The monoisotopic (exact) mass is 354 g/mol. The van der Waals surface area contributed by atoms with Crippen molar-refractivity contribution in [2.24, 2.45) is 11.8 Å². The SMILES string of the molecule is O=C(NCc1cc2ccccc2o1)C1CCN(C(=O)C2CCCC2)CC1. The zero-order valence-electron chi connectivity index (χ0n) is 15.1. The number of para-hydroxylation sites is 1. The molecule has 0 atom stereocenters. The molecule has 0 spiro atoms. The van der Waals surface area contributed by atoms with Gasteiger partial charge in [-0.25, -0.2) is 0 Å². The lowest BCUT2D eigenvalue weighted by Crippen LogP contribution is -2.44. The second kappa shape index (κ2) is 7.52. The zero-order chi connectivity index (χ0) is 17.9. The van der Waals surface area contributed by atoms with E-state index in [1.165, 1.54) is 12.8 Å². The molecule has 2 aromatic rings. The van der Waals surface area contributed by atoms with E-state index in [0.29, 0.717) is 25.5 Å². The van der Waals surface area contributed by atoms with Crippen LogP contribution in [0.25, 0.3) is 11.0 Å². The first kappa shape index (κ1) is 17.1. The lowest BCUT2D eigenvalue weighted by molar-refractivity contribution is -0.139. The van der Waals surface area contributed by atoms with Gasteiger partial charge in [-0.3, -0.25) is 9.59 Å². The first-order chi connectivity index (χ1) is 12.7. The van der Waals surface area contributed by atoms with Crippen LogP contribution in [-0.2, 0) is 16.1 Å². The highest BCUT2D eigenvalue weighted by molar-refractivity contribution is 5.81. The fourth-order valence-corrected chi connectivity index (χ4v) is 4.24. The third kappa shape index (κ3) is 3.62. The van der Waals surface area contributed by atoms with Gasteiger partial charge in [0.2, 0.25) is 11.8 Å². The fourth-order valence-electron chi connectivity index (χ4n) is 4.24. The van der Waals surface area contributed by atoms with Crippen LogP contribution in [0.3, 0.4) is 0 Å². The zero-order valence-corrected chi connectivity index (χ0v) is 15.1. The molecule has 5 heteroatoms. The Hall–Kier alpha value is -2.30. The third-order valence-corrected chi connectivity index (χ3v) is 5.80. The summed E-state index contributed by atoms with van der Waals surface area (Å²) in [4.78, 5) is 26.9. The molecule has 1 aromatic heterocycles. The van der Waals surface area contributed by atoms with Crippen LogP contribution < -0.4 is 5.32 Å². The van der Waals surface area contributed by atoms with E-state index in [0.717, 1.165) is 42.4 Å². The van der Waals surface area contributed by atoms with Crippen LogP contribution >= 0.6 is 0 Å². The van der Waals surface area contributed by atoms with Crippen LogP contribution in [0.2, 0.25) is 0 Å². The summed E-state index contributed by atoms with van der Waals surface area (Å²) in [6.07, 6.45) is 5.94. The number of piperidine rings is 1. The smallest absolute Gasteiger partial charge is 0.225 e. The van der Waals surface area contributed by atoms with E-state index in [-0.39, 0.29) is 17.7 Å². The van der Waals surface area contributed by atoms with Crippen molar-refractivity contribution < 1.29 is 14.0 Å². The number of nitrogens with zero attached hydrogens (tertiary/aromatic N) is 1. The summed E-state index contributed by atoms with van der Waals surface area (Å²) >= 11 is 0. The molecule has 1 N–H and O–H groups in total. The Balaban J connectivity index is 1.26. The van der Waals surface area contributed by atoms with Crippen LogP contribution in [-0.4, -0.2) is 29.8 Å². The van der Waals surface area contributed by atoms with E-state index in [9.17, 15) is 9.59 Å². The van der Waals surface area contributed by atoms with Crippen molar-refractivity contribution in [3.05, 3.63) is 36.1 Å². The van der Waals surface area contributed by atoms with E-state index in [2.05, 4.69) is 5.32 Å². The predicted molar refractivity (Wildman–Crippen MR) is 99.3 cm³/mol. The Morgan fingerprint density at radius 2 is 1.77 bits per heavy atom. The normalized spacial score (nSPS) is 19.2. The molecule has 1 saturated heterocycles. The number of nitrogens with one attached hydrogen (secondary N) is 1. The minimum absolute atomic E-state index is 0.00740. The maximum atomic E-state index is 12.5. The molecule has 2 amide bonds. The van der Waals surface area contributed by atoms with E-state index in [1.54, 1.807) is 0 Å². The number of fused-ring (bicyclic) bond motifs is 1. The number of amides is 2. The van der Waals surface area contributed by atoms with Gasteiger partial charge >= 0.3 is 0 Å². The van der Waals surface area contributed by atoms with Gasteiger partial charge in [-0.2, -0.15) is 0 Å². The van der Waals surface area contributed by atoms with E-state index in [4.69, 9.17) is 4.42 Å². The van der Waals surface area contributed by atoms with Crippen molar-refractivity contribution in [1.82, 2.24) is 10.2 Å². The van der Waals surface area contributed by atoms with Gasteiger partial charge in [-0.15, -0.1) is 0 Å². The highest BCUT2D eigenvalue weighted by Crippen LogP contribution is 2.28. The van der Waals surface area contributed by atoms with Crippen LogP contribution in [0, 0.1) is 11.8 Å². The van der Waals surface area contributed by atoms with Crippen molar-refractivity contribution in [2.45, 2.75) is 45.1 Å². The summed E-state index contributed by atoms with van der Waals surface area (Å²) in [7, 11) is 0. The minimum atomic E-state index is -0.00740. The Labute approximate surface area is 153 Å². The van der Waals surface area contributed by atoms with Gasteiger partial charge in [0.15, 0.2) is 0 Å². The van der Waals surface area contributed by atoms with Crippen molar-refractivity contribution in [3.8, 4) is 0 Å². The molecule has 1 aliphatic carbocycles. The molecule has 0 bridgehead atoms. The summed E-state index contributed by atoms with van der Waals surface area (Å²) in [5.74, 6) is 1.37. The number of likely N-dealkylation sites (tertiary alicyclic amines) is 1. The van der Waals surface area contributed by atoms with Gasteiger partial charge < -0.3 is 14.6 Å². The Morgan fingerprint density at radius 1 is 1.04 bits per heavy atom. The number of rotatable bonds is 4. The summed E-state index contributed by atoms with van der Waals surface area (Å²) in [6, 6.07) is 9.81. The van der Waals surface area contributed by atoms with Crippen LogP contribution in [0.15, 0.2) is 34.7 Å². The predicted octanol–water partition coefficient (Wildman–Crippen LogP) is 3.48. The lowest BCUT2D eigenvalue weighted by atomic mass is 9.94. The number of benzene rings is 1. The first-order valence-electron chi connectivity index (χ1n) is 9.74. The Kier molecular flexibility index (Phi) is 4.96. The summed E-state index contributed by atoms with van der Waals surface area (Å²) in [5.41, 5.74) is 0.843. The molecule has 4 rings (SSSR count). The van der Waals surface area contributed by atoms with Crippen molar-refractivity contribution in [2.75, 3.05) is 13.1 Å². The molecule has 1 aromatic carbocycles. The van der Waals surface area contributed by atoms with E-state index >= 15 is 0 Å². The number of carbonyl (C=O) groups excluding carboxylic acids is 2. The van der Waals surface area contributed by atoms with E-state index in [1.807, 2.05) is 35.2 Å².